The summed E-state index contributed by atoms with van der Waals surface area (Å²) in [6.07, 6.45) is 5.94. The van der Waals surface area contributed by atoms with Crippen LogP contribution in [0.3, 0.4) is 0 Å². The van der Waals surface area contributed by atoms with Crippen molar-refractivity contribution in [1.82, 2.24) is 5.32 Å². The molecule has 1 fully saturated rings. The van der Waals surface area contributed by atoms with E-state index in [4.69, 9.17) is 16.6 Å². The topological polar surface area (TPSA) is 128 Å². The van der Waals surface area contributed by atoms with Crippen molar-refractivity contribution >= 4 is 41.0 Å². The Kier molecular flexibility index (Phi) is 6.34. The van der Waals surface area contributed by atoms with E-state index in [1.54, 1.807) is 0 Å². The minimum absolute atomic E-state index is 0.0262. The third-order valence-corrected chi connectivity index (χ3v) is 3.62. The maximum Gasteiger partial charge on any atom is 0.332 e. The van der Waals surface area contributed by atoms with Crippen molar-refractivity contribution in [2.45, 2.75) is 25.0 Å². The van der Waals surface area contributed by atoms with Crippen LogP contribution in [0.2, 0.25) is 0 Å². The van der Waals surface area contributed by atoms with Crippen LogP contribution in [0.1, 0.15) is 19.8 Å². The molecule has 8 nitrogen and oxygen atoms in total. The molecule has 1 amide bonds. The van der Waals surface area contributed by atoms with E-state index in [9.17, 15) is 14.4 Å². The number of amidine groups is 1. The molecule has 3 N–H and O–H groups in total. The molecule has 0 aromatic carbocycles. The molecule has 1 heterocycles. The zero-order valence-electron chi connectivity index (χ0n) is 11.6. The van der Waals surface area contributed by atoms with Gasteiger partial charge in [-0.25, -0.2) is 4.79 Å². The molecule has 1 rings (SSSR count). The highest BCUT2D eigenvalue weighted by molar-refractivity contribution is 8.15. The van der Waals surface area contributed by atoms with Crippen molar-refractivity contribution in [2.24, 2.45) is 10.2 Å². The van der Waals surface area contributed by atoms with Gasteiger partial charge in [0.1, 0.15) is 5.25 Å². The number of nitrogens with zero attached hydrogens (tertiary/aromatic N) is 2. The van der Waals surface area contributed by atoms with E-state index in [-0.39, 0.29) is 23.6 Å². The van der Waals surface area contributed by atoms with Crippen LogP contribution < -0.4 is 5.32 Å². The lowest BCUT2D eigenvalue weighted by Crippen LogP contribution is -2.26. The molecule has 0 bridgehead atoms. The summed E-state index contributed by atoms with van der Waals surface area (Å²) in [6.45, 7) is 1.53. The molecular weight excluding hydrogens is 310 g/mol. The summed E-state index contributed by atoms with van der Waals surface area (Å²) in [5.74, 6) is -0.439. The number of amides is 1. The molecule has 0 radical (unpaired) electrons. The maximum absolute atomic E-state index is 11.5. The SMILES string of the molecule is C#CC/C(C(=O)O)=C(C)/C=N/N=C1\NC(=O)C(CC(=O)O)S1. The molecule has 1 saturated heterocycles. The molecule has 1 unspecified atom stereocenters. The van der Waals surface area contributed by atoms with Crippen LogP contribution >= 0.6 is 11.8 Å². The van der Waals surface area contributed by atoms with Gasteiger partial charge in [-0.2, -0.15) is 5.10 Å². The van der Waals surface area contributed by atoms with Crippen molar-refractivity contribution in [2.75, 3.05) is 0 Å². The number of allylic oxidation sites excluding steroid dienone is 1. The Morgan fingerprint density at radius 1 is 1.50 bits per heavy atom. The number of hydrogen-bond donors (Lipinski definition) is 3. The second-order valence-corrected chi connectivity index (χ2v) is 5.38. The van der Waals surface area contributed by atoms with E-state index in [1.807, 2.05) is 0 Å². The minimum Gasteiger partial charge on any atom is -0.481 e. The molecule has 0 aliphatic carbocycles. The van der Waals surface area contributed by atoms with Gasteiger partial charge in [0.2, 0.25) is 5.91 Å². The van der Waals surface area contributed by atoms with Gasteiger partial charge in [-0.15, -0.1) is 17.4 Å². The first-order valence-electron chi connectivity index (χ1n) is 6.02. The highest BCUT2D eigenvalue weighted by Gasteiger charge is 2.32. The summed E-state index contributed by atoms with van der Waals surface area (Å²) in [4.78, 5) is 33.0. The van der Waals surface area contributed by atoms with Gasteiger partial charge in [0.25, 0.3) is 0 Å². The lowest BCUT2D eigenvalue weighted by atomic mass is 10.1. The van der Waals surface area contributed by atoms with Crippen molar-refractivity contribution in [1.29, 1.82) is 0 Å². The van der Waals surface area contributed by atoms with Gasteiger partial charge in [-0.05, 0) is 12.5 Å². The fourth-order valence-corrected chi connectivity index (χ4v) is 2.39. The lowest BCUT2D eigenvalue weighted by Gasteiger charge is -1.99. The third-order valence-electron chi connectivity index (χ3n) is 2.55. The Hall–Kier alpha value is -2.60. The van der Waals surface area contributed by atoms with E-state index >= 15 is 0 Å². The van der Waals surface area contributed by atoms with Gasteiger partial charge in [-0.3, -0.25) is 9.59 Å². The zero-order valence-corrected chi connectivity index (χ0v) is 12.4. The number of nitrogens with one attached hydrogen (secondary N) is 1. The fourth-order valence-electron chi connectivity index (χ4n) is 1.48. The number of carbonyl (C=O) groups excluding carboxylic acids is 1. The van der Waals surface area contributed by atoms with Gasteiger partial charge in [0.05, 0.1) is 18.2 Å². The summed E-state index contributed by atoms with van der Waals surface area (Å²) in [7, 11) is 0. The predicted octanol–water partition coefficient (Wildman–Crippen LogP) is 0.459. The fraction of sp³-hybridized carbons (Fsp3) is 0.308. The molecule has 116 valence electrons. The Morgan fingerprint density at radius 2 is 2.18 bits per heavy atom. The van der Waals surface area contributed by atoms with Crippen molar-refractivity contribution in [3.05, 3.63) is 11.1 Å². The van der Waals surface area contributed by atoms with E-state index < -0.39 is 23.1 Å². The average Bonchev–Trinajstić information content (AvgIpc) is 2.75. The standard InChI is InChI=1S/C13H13N3O5S/c1-3-4-8(12(20)21)7(2)6-14-16-13-15-11(19)9(22-13)5-10(17)18/h1,6,9H,4-5H2,2H3,(H,17,18)(H,20,21)(H,15,16,19)/b8-7-,14-6+. The van der Waals surface area contributed by atoms with Crippen LogP contribution in [0, 0.1) is 12.3 Å². The summed E-state index contributed by atoms with van der Waals surface area (Å²) in [6, 6.07) is 0. The van der Waals surface area contributed by atoms with E-state index in [0.29, 0.717) is 5.57 Å². The van der Waals surface area contributed by atoms with Crippen LogP contribution in [0.4, 0.5) is 0 Å². The molecular formula is C13H13N3O5S. The number of terminal acetylenes is 1. The van der Waals surface area contributed by atoms with Crippen LogP contribution in [0.5, 0.6) is 0 Å². The minimum atomic E-state index is -1.14. The molecule has 1 aliphatic rings. The van der Waals surface area contributed by atoms with Crippen LogP contribution in [-0.4, -0.2) is 44.7 Å². The zero-order chi connectivity index (χ0) is 16.7. The molecule has 1 atom stereocenters. The number of rotatable bonds is 6. The number of hydrogen-bond acceptors (Lipinski definition) is 6. The molecule has 0 saturated carbocycles. The highest BCUT2D eigenvalue weighted by Crippen LogP contribution is 2.22. The molecule has 9 heteroatoms. The van der Waals surface area contributed by atoms with Crippen LogP contribution in [-0.2, 0) is 14.4 Å². The van der Waals surface area contributed by atoms with Gasteiger partial charge in [0.15, 0.2) is 5.17 Å². The second-order valence-electron chi connectivity index (χ2n) is 4.19. The Balaban J connectivity index is 2.78. The number of aliphatic carboxylic acids is 2. The number of thioether (sulfide) groups is 1. The van der Waals surface area contributed by atoms with Crippen molar-refractivity contribution < 1.29 is 24.6 Å². The van der Waals surface area contributed by atoms with E-state index in [1.165, 1.54) is 13.1 Å². The summed E-state index contributed by atoms with van der Waals surface area (Å²) >= 11 is 0.954. The first-order chi connectivity index (χ1) is 10.3. The van der Waals surface area contributed by atoms with E-state index in [0.717, 1.165) is 11.8 Å². The quantitative estimate of drug-likeness (QED) is 0.282. The van der Waals surface area contributed by atoms with E-state index in [2.05, 4.69) is 21.4 Å². The Labute approximate surface area is 130 Å². The Bertz CT molecular complexity index is 630. The van der Waals surface area contributed by atoms with Gasteiger partial charge in [0, 0.05) is 6.42 Å². The molecule has 1 aliphatic heterocycles. The number of carboxylic acid groups (broad SMARTS) is 2. The smallest absolute Gasteiger partial charge is 0.332 e. The normalized spacial score (nSPS) is 20.6. The van der Waals surface area contributed by atoms with Crippen molar-refractivity contribution in [3.63, 3.8) is 0 Å². The number of carboxylic acids is 2. The summed E-state index contributed by atoms with van der Waals surface area (Å²) in [5, 5.41) is 26.8. The van der Waals surface area contributed by atoms with Crippen molar-refractivity contribution in [3.8, 4) is 12.3 Å². The average molecular weight is 323 g/mol. The monoisotopic (exact) mass is 323 g/mol. The van der Waals surface area contributed by atoms with Crippen LogP contribution in [0.25, 0.3) is 0 Å². The third kappa shape index (κ3) is 5.06. The second kappa shape index (κ2) is 7.99. The van der Waals surface area contributed by atoms with Gasteiger partial charge >= 0.3 is 11.9 Å². The predicted molar refractivity (Wildman–Crippen MR) is 81.5 cm³/mol. The Morgan fingerprint density at radius 3 is 2.73 bits per heavy atom. The molecule has 22 heavy (non-hydrogen) atoms. The summed E-state index contributed by atoms with van der Waals surface area (Å²) in [5.41, 5.74) is 0.365. The largest absolute Gasteiger partial charge is 0.481 e. The first-order valence-corrected chi connectivity index (χ1v) is 6.90. The maximum atomic E-state index is 11.5. The van der Waals surface area contributed by atoms with Gasteiger partial charge in [-0.1, -0.05) is 11.8 Å². The lowest BCUT2D eigenvalue weighted by molar-refractivity contribution is -0.138. The highest BCUT2D eigenvalue weighted by atomic mass is 32.2. The first kappa shape index (κ1) is 17.5. The molecule has 0 spiro atoms. The van der Waals surface area contributed by atoms with Crippen LogP contribution in [0.15, 0.2) is 21.3 Å². The number of carbonyl (C=O) groups is 3. The molecule has 0 aromatic rings. The summed E-state index contributed by atoms with van der Waals surface area (Å²) < 4.78 is 0. The van der Waals surface area contributed by atoms with Gasteiger partial charge < -0.3 is 15.5 Å². The molecule has 0 aromatic heterocycles.